The number of rotatable bonds is 6. The topological polar surface area (TPSA) is 15.3 Å². The number of nitrogens with zero attached hydrogens (tertiary/aromatic N) is 1. The molecule has 130 valence electrons. The first-order valence-electron chi connectivity index (χ1n) is 8.25. The van der Waals surface area contributed by atoms with Gasteiger partial charge in [0.1, 0.15) is 5.82 Å². The summed E-state index contributed by atoms with van der Waals surface area (Å²) in [5, 5.41) is 3.21. The molecule has 1 aromatic carbocycles. The molecule has 0 bridgehead atoms. The molecule has 0 spiro atoms. The average molecular weight is 332 g/mol. The molecule has 0 aliphatic carbocycles. The molecule has 1 N–H and O–H groups in total. The highest BCUT2D eigenvalue weighted by atomic mass is 19.4. The molecule has 6 heteroatoms. The van der Waals surface area contributed by atoms with Gasteiger partial charge >= 0.3 is 6.18 Å². The maximum absolute atomic E-state index is 13.7. The van der Waals surface area contributed by atoms with Gasteiger partial charge in [0.25, 0.3) is 0 Å². The molecule has 1 aliphatic heterocycles. The van der Waals surface area contributed by atoms with Crippen molar-refractivity contribution in [2.45, 2.75) is 44.8 Å². The third-order valence-electron chi connectivity index (χ3n) is 4.35. The van der Waals surface area contributed by atoms with Crippen LogP contribution in [-0.4, -0.2) is 31.1 Å². The van der Waals surface area contributed by atoms with Crippen molar-refractivity contribution in [3.63, 3.8) is 0 Å². The molecule has 0 saturated carbocycles. The molecule has 1 heterocycles. The van der Waals surface area contributed by atoms with Crippen LogP contribution in [0.4, 0.5) is 17.6 Å². The lowest BCUT2D eigenvalue weighted by molar-refractivity contribution is -0.138. The van der Waals surface area contributed by atoms with Gasteiger partial charge in [-0.1, -0.05) is 26.2 Å². The van der Waals surface area contributed by atoms with Gasteiger partial charge in [-0.3, -0.25) is 4.90 Å². The second-order valence-electron chi connectivity index (χ2n) is 6.03. The monoisotopic (exact) mass is 332 g/mol. The number of unbranched alkanes of at least 4 members (excludes halogenated alkanes) is 2. The minimum Gasteiger partial charge on any atom is -0.314 e. The maximum Gasteiger partial charge on any atom is 0.416 e. The van der Waals surface area contributed by atoms with Crippen LogP contribution in [0, 0.1) is 5.82 Å². The standard InChI is InChI=1S/C17H24F4N2/c1-2-3-4-5-16(23-10-8-22-9-11-23)14-12-13(18)6-7-15(14)17(19,20)21/h6-7,12,16,22H,2-5,8-11H2,1H3/t16-/m1/s1. The van der Waals surface area contributed by atoms with E-state index in [2.05, 4.69) is 17.1 Å². The van der Waals surface area contributed by atoms with Crippen LogP contribution in [-0.2, 0) is 6.18 Å². The normalized spacial score (nSPS) is 18.1. The van der Waals surface area contributed by atoms with Gasteiger partial charge in [0, 0.05) is 32.2 Å². The van der Waals surface area contributed by atoms with Crippen LogP contribution in [0.5, 0.6) is 0 Å². The van der Waals surface area contributed by atoms with Crippen molar-refractivity contribution in [2.75, 3.05) is 26.2 Å². The minimum absolute atomic E-state index is 0.0792. The number of halogens is 4. The smallest absolute Gasteiger partial charge is 0.314 e. The maximum atomic E-state index is 13.7. The number of hydrogen-bond acceptors (Lipinski definition) is 2. The zero-order valence-electron chi connectivity index (χ0n) is 13.4. The highest BCUT2D eigenvalue weighted by Gasteiger charge is 2.36. The van der Waals surface area contributed by atoms with Crippen LogP contribution < -0.4 is 5.32 Å². The van der Waals surface area contributed by atoms with Crippen molar-refractivity contribution in [3.05, 3.63) is 35.1 Å². The Hall–Kier alpha value is -1.14. The third kappa shape index (κ3) is 4.91. The van der Waals surface area contributed by atoms with E-state index in [9.17, 15) is 17.6 Å². The fraction of sp³-hybridized carbons (Fsp3) is 0.647. The fourth-order valence-corrected chi connectivity index (χ4v) is 3.18. The molecule has 1 aromatic rings. The molecule has 1 aliphatic rings. The second kappa shape index (κ2) is 8.11. The van der Waals surface area contributed by atoms with E-state index in [0.717, 1.165) is 50.6 Å². The van der Waals surface area contributed by atoms with Gasteiger partial charge in [-0.25, -0.2) is 4.39 Å². The lowest BCUT2D eigenvalue weighted by atomic mass is 9.93. The molecule has 0 aromatic heterocycles. The first kappa shape index (κ1) is 18.2. The summed E-state index contributed by atoms with van der Waals surface area (Å²) in [6.07, 6.45) is -1.01. The summed E-state index contributed by atoms with van der Waals surface area (Å²) in [5.74, 6) is -0.608. The summed E-state index contributed by atoms with van der Waals surface area (Å²) >= 11 is 0. The van der Waals surface area contributed by atoms with Crippen LogP contribution >= 0.6 is 0 Å². The number of hydrogen-bond donors (Lipinski definition) is 1. The average Bonchev–Trinajstić information content (AvgIpc) is 2.51. The van der Waals surface area contributed by atoms with E-state index >= 15 is 0 Å². The second-order valence-corrected chi connectivity index (χ2v) is 6.03. The number of benzene rings is 1. The van der Waals surface area contributed by atoms with E-state index < -0.39 is 17.6 Å². The van der Waals surface area contributed by atoms with Gasteiger partial charge in [-0.15, -0.1) is 0 Å². The van der Waals surface area contributed by atoms with E-state index in [-0.39, 0.29) is 11.6 Å². The molecule has 23 heavy (non-hydrogen) atoms. The van der Waals surface area contributed by atoms with Gasteiger partial charge in [0.05, 0.1) is 5.56 Å². The first-order chi connectivity index (χ1) is 10.9. The molecule has 0 unspecified atom stereocenters. The van der Waals surface area contributed by atoms with E-state index in [4.69, 9.17) is 0 Å². The fourth-order valence-electron chi connectivity index (χ4n) is 3.18. The van der Waals surface area contributed by atoms with Gasteiger partial charge in [-0.2, -0.15) is 13.2 Å². The van der Waals surface area contributed by atoms with E-state index in [1.54, 1.807) is 0 Å². The van der Waals surface area contributed by atoms with Crippen molar-refractivity contribution in [3.8, 4) is 0 Å². The summed E-state index contributed by atoms with van der Waals surface area (Å²) in [4.78, 5) is 2.05. The Bertz CT molecular complexity index is 496. The zero-order valence-corrected chi connectivity index (χ0v) is 13.4. The summed E-state index contributed by atoms with van der Waals surface area (Å²) in [5.41, 5.74) is -0.630. The largest absolute Gasteiger partial charge is 0.416 e. The number of piperazine rings is 1. The molecular formula is C17H24F4N2. The molecule has 2 rings (SSSR count). The lowest BCUT2D eigenvalue weighted by Gasteiger charge is -2.36. The quantitative estimate of drug-likeness (QED) is 0.615. The predicted octanol–water partition coefficient (Wildman–Crippen LogP) is 4.37. The Labute approximate surface area is 134 Å². The van der Waals surface area contributed by atoms with Crippen LogP contribution in [0.3, 0.4) is 0 Å². The van der Waals surface area contributed by atoms with Crippen molar-refractivity contribution in [2.24, 2.45) is 0 Å². The highest BCUT2D eigenvalue weighted by Crippen LogP contribution is 2.38. The predicted molar refractivity (Wildman–Crippen MR) is 82.7 cm³/mol. The molecular weight excluding hydrogens is 308 g/mol. The van der Waals surface area contributed by atoms with Crippen molar-refractivity contribution >= 4 is 0 Å². The molecule has 2 nitrogen and oxygen atoms in total. The molecule has 0 radical (unpaired) electrons. The third-order valence-corrected chi connectivity index (χ3v) is 4.35. The van der Waals surface area contributed by atoms with Crippen LogP contribution in [0.25, 0.3) is 0 Å². The molecule has 0 amide bonds. The highest BCUT2D eigenvalue weighted by molar-refractivity contribution is 5.33. The van der Waals surface area contributed by atoms with Gasteiger partial charge in [0.15, 0.2) is 0 Å². The van der Waals surface area contributed by atoms with Gasteiger partial charge < -0.3 is 5.32 Å². The van der Waals surface area contributed by atoms with Gasteiger partial charge in [0.2, 0.25) is 0 Å². The Kier molecular flexibility index (Phi) is 6.41. The van der Waals surface area contributed by atoms with Crippen molar-refractivity contribution < 1.29 is 17.6 Å². The van der Waals surface area contributed by atoms with E-state index in [0.29, 0.717) is 19.5 Å². The number of alkyl halides is 3. The Balaban J connectivity index is 2.34. The van der Waals surface area contributed by atoms with Crippen LogP contribution in [0.15, 0.2) is 18.2 Å². The van der Waals surface area contributed by atoms with Crippen molar-refractivity contribution in [1.82, 2.24) is 10.2 Å². The van der Waals surface area contributed by atoms with Crippen LogP contribution in [0.1, 0.15) is 49.8 Å². The van der Waals surface area contributed by atoms with E-state index in [1.807, 2.05) is 0 Å². The van der Waals surface area contributed by atoms with Crippen LogP contribution in [0.2, 0.25) is 0 Å². The lowest BCUT2D eigenvalue weighted by Crippen LogP contribution is -2.45. The van der Waals surface area contributed by atoms with Crippen molar-refractivity contribution in [1.29, 1.82) is 0 Å². The summed E-state index contributed by atoms with van der Waals surface area (Å²) in [6.45, 7) is 4.93. The SMILES string of the molecule is CCCCC[C@H](c1cc(F)ccc1C(F)(F)F)N1CCNCC1. The molecule has 1 atom stereocenters. The summed E-state index contributed by atoms with van der Waals surface area (Å²) in [6, 6.07) is 2.46. The Morgan fingerprint density at radius 3 is 2.48 bits per heavy atom. The molecule has 1 fully saturated rings. The Morgan fingerprint density at radius 2 is 1.87 bits per heavy atom. The first-order valence-corrected chi connectivity index (χ1v) is 8.25. The molecule has 1 saturated heterocycles. The zero-order chi connectivity index (χ0) is 16.9. The van der Waals surface area contributed by atoms with Gasteiger partial charge in [-0.05, 0) is 30.2 Å². The van der Waals surface area contributed by atoms with E-state index in [1.165, 1.54) is 0 Å². The summed E-state index contributed by atoms with van der Waals surface area (Å²) < 4.78 is 53.7. The number of nitrogens with one attached hydrogen (secondary N) is 1. The summed E-state index contributed by atoms with van der Waals surface area (Å²) in [7, 11) is 0. The Morgan fingerprint density at radius 1 is 1.17 bits per heavy atom. The minimum atomic E-state index is -4.46.